The summed E-state index contributed by atoms with van der Waals surface area (Å²) in [4.78, 5) is 26.0. The monoisotopic (exact) mass is 432 g/mol. The number of carbonyl (C=O) groups is 2. The van der Waals surface area contributed by atoms with Gasteiger partial charge in [-0.3, -0.25) is 9.59 Å². The SMILES string of the molecule is COc1ccccc1CNC(=O)c1cc(Cl)ccc1NC(=O)C1=C(C)OCCS1. The van der Waals surface area contributed by atoms with E-state index in [1.54, 1.807) is 26.2 Å². The molecule has 2 aromatic carbocycles. The van der Waals surface area contributed by atoms with E-state index < -0.39 is 0 Å². The first-order valence-electron chi connectivity index (χ1n) is 8.97. The van der Waals surface area contributed by atoms with Crippen LogP contribution in [0.15, 0.2) is 53.1 Å². The first-order chi connectivity index (χ1) is 14.0. The number of carbonyl (C=O) groups excluding carboxylic acids is 2. The van der Waals surface area contributed by atoms with E-state index in [0.29, 0.717) is 39.5 Å². The molecule has 3 rings (SSSR count). The minimum absolute atomic E-state index is 0.275. The molecule has 0 radical (unpaired) electrons. The lowest BCUT2D eigenvalue weighted by atomic mass is 10.1. The minimum Gasteiger partial charge on any atom is -0.496 e. The van der Waals surface area contributed by atoms with Gasteiger partial charge >= 0.3 is 0 Å². The maximum absolute atomic E-state index is 12.8. The number of methoxy groups -OCH3 is 1. The van der Waals surface area contributed by atoms with Gasteiger partial charge in [-0.2, -0.15) is 0 Å². The lowest BCUT2D eigenvalue weighted by Gasteiger charge is -2.18. The van der Waals surface area contributed by atoms with Crippen LogP contribution in [-0.4, -0.2) is 31.3 Å². The van der Waals surface area contributed by atoms with Crippen molar-refractivity contribution in [1.29, 1.82) is 0 Å². The number of ether oxygens (including phenoxy) is 2. The number of rotatable bonds is 6. The summed E-state index contributed by atoms with van der Waals surface area (Å²) in [6.07, 6.45) is 0. The number of nitrogens with one attached hydrogen (secondary N) is 2. The fourth-order valence-corrected chi connectivity index (χ4v) is 3.83. The molecule has 2 aromatic rings. The van der Waals surface area contributed by atoms with Crippen molar-refractivity contribution in [1.82, 2.24) is 5.32 Å². The molecule has 0 aromatic heterocycles. The third kappa shape index (κ3) is 5.25. The van der Waals surface area contributed by atoms with E-state index >= 15 is 0 Å². The standard InChI is InChI=1S/C21H21ClN2O4S/c1-13-19(29-10-9-28-13)21(26)24-17-8-7-15(22)11-16(17)20(25)23-12-14-5-3-4-6-18(14)27-2/h3-8,11H,9-10,12H2,1-2H3,(H,23,25)(H,24,26). The van der Waals surface area contributed by atoms with Crippen molar-refractivity contribution in [3.05, 3.63) is 69.3 Å². The summed E-state index contributed by atoms with van der Waals surface area (Å²) in [5.74, 6) is 1.30. The fraction of sp³-hybridized carbons (Fsp3) is 0.238. The number of halogens is 1. The zero-order valence-electron chi connectivity index (χ0n) is 16.1. The summed E-state index contributed by atoms with van der Waals surface area (Å²) < 4.78 is 10.7. The zero-order valence-corrected chi connectivity index (χ0v) is 17.7. The molecular weight excluding hydrogens is 412 g/mol. The molecule has 6 nitrogen and oxygen atoms in total. The average molecular weight is 433 g/mol. The van der Waals surface area contributed by atoms with Gasteiger partial charge in [0.1, 0.15) is 16.4 Å². The van der Waals surface area contributed by atoms with Gasteiger partial charge in [0.15, 0.2) is 0 Å². The number of anilines is 1. The van der Waals surface area contributed by atoms with Gasteiger partial charge in [0.2, 0.25) is 0 Å². The Balaban J connectivity index is 1.77. The summed E-state index contributed by atoms with van der Waals surface area (Å²) >= 11 is 7.52. The van der Waals surface area contributed by atoms with Crippen LogP contribution in [0, 0.1) is 0 Å². The van der Waals surface area contributed by atoms with Crippen LogP contribution >= 0.6 is 23.4 Å². The van der Waals surface area contributed by atoms with Gasteiger partial charge in [0.25, 0.3) is 11.8 Å². The number of amides is 2. The second-order valence-corrected chi connectivity index (χ2v) is 7.76. The molecule has 8 heteroatoms. The normalized spacial score (nSPS) is 13.5. The molecule has 0 bridgehead atoms. The van der Waals surface area contributed by atoms with Gasteiger partial charge in [0, 0.05) is 22.9 Å². The number of benzene rings is 2. The molecule has 29 heavy (non-hydrogen) atoms. The summed E-state index contributed by atoms with van der Waals surface area (Å²) in [5.41, 5.74) is 1.50. The number of hydrogen-bond donors (Lipinski definition) is 2. The highest BCUT2D eigenvalue weighted by atomic mass is 35.5. The summed E-state index contributed by atoms with van der Waals surface area (Å²) in [7, 11) is 1.58. The number of allylic oxidation sites excluding steroid dienone is 1. The number of hydrogen-bond acceptors (Lipinski definition) is 5. The van der Waals surface area contributed by atoms with Gasteiger partial charge < -0.3 is 20.1 Å². The van der Waals surface area contributed by atoms with Crippen LogP contribution in [0.2, 0.25) is 5.02 Å². The number of thioether (sulfide) groups is 1. The second-order valence-electron chi connectivity index (χ2n) is 6.22. The molecule has 0 unspecified atom stereocenters. The first-order valence-corrected chi connectivity index (χ1v) is 10.3. The van der Waals surface area contributed by atoms with Crippen LogP contribution in [0.3, 0.4) is 0 Å². The third-order valence-electron chi connectivity index (χ3n) is 4.28. The maximum Gasteiger partial charge on any atom is 0.265 e. The Hall–Kier alpha value is -2.64. The molecular formula is C21H21ClN2O4S. The summed E-state index contributed by atoms with van der Waals surface area (Å²) in [5, 5.41) is 6.05. The van der Waals surface area contributed by atoms with Crippen molar-refractivity contribution >= 4 is 40.9 Å². The summed E-state index contributed by atoms with van der Waals surface area (Å²) in [6.45, 7) is 2.60. The Kier molecular flexibility index (Phi) is 7.06. The molecule has 0 atom stereocenters. The average Bonchev–Trinajstić information content (AvgIpc) is 2.73. The lowest BCUT2D eigenvalue weighted by Crippen LogP contribution is -2.26. The highest BCUT2D eigenvalue weighted by molar-refractivity contribution is 8.04. The van der Waals surface area contributed by atoms with E-state index in [4.69, 9.17) is 21.1 Å². The van der Waals surface area contributed by atoms with Crippen molar-refractivity contribution in [3.8, 4) is 5.75 Å². The van der Waals surface area contributed by atoms with E-state index in [1.165, 1.54) is 17.8 Å². The van der Waals surface area contributed by atoms with Crippen LogP contribution in [0.4, 0.5) is 5.69 Å². The lowest BCUT2D eigenvalue weighted by molar-refractivity contribution is -0.112. The molecule has 0 saturated carbocycles. The number of para-hydroxylation sites is 1. The quantitative estimate of drug-likeness (QED) is 0.715. The Labute approximate surface area is 178 Å². The maximum atomic E-state index is 12.8. The highest BCUT2D eigenvalue weighted by Gasteiger charge is 2.21. The Morgan fingerprint density at radius 3 is 2.76 bits per heavy atom. The molecule has 1 heterocycles. The second kappa shape index (κ2) is 9.71. The largest absolute Gasteiger partial charge is 0.496 e. The van der Waals surface area contributed by atoms with Crippen LogP contribution in [0.1, 0.15) is 22.8 Å². The van der Waals surface area contributed by atoms with Gasteiger partial charge in [-0.25, -0.2) is 0 Å². The van der Waals surface area contributed by atoms with Crippen molar-refractivity contribution in [3.63, 3.8) is 0 Å². The van der Waals surface area contributed by atoms with Gasteiger partial charge in [-0.1, -0.05) is 29.8 Å². The molecule has 0 fully saturated rings. The van der Waals surface area contributed by atoms with Gasteiger partial charge in [-0.15, -0.1) is 11.8 Å². The minimum atomic E-state index is -0.355. The van der Waals surface area contributed by atoms with E-state index in [1.807, 2.05) is 24.3 Å². The summed E-state index contributed by atoms with van der Waals surface area (Å²) in [6, 6.07) is 12.2. The van der Waals surface area contributed by atoms with Crippen LogP contribution in [-0.2, 0) is 16.1 Å². The van der Waals surface area contributed by atoms with E-state index in [0.717, 1.165) is 5.56 Å². The molecule has 0 spiro atoms. The highest BCUT2D eigenvalue weighted by Crippen LogP contribution is 2.28. The van der Waals surface area contributed by atoms with Crippen molar-refractivity contribution in [2.75, 3.05) is 24.8 Å². The third-order valence-corrected chi connectivity index (χ3v) is 5.65. The first kappa shape index (κ1) is 21.1. The molecule has 1 aliphatic heterocycles. The molecule has 152 valence electrons. The van der Waals surface area contributed by atoms with Crippen LogP contribution < -0.4 is 15.4 Å². The molecule has 2 N–H and O–H groups in total. The predicted octanol–water partition coefficient (Wildman–Crippen LogP) is 4.21. The molecule has 0 saturated heterocycles. The molecule has 2 amide bonds. The topological polar surface area (TPSA) is 76.7 Å². The van der Waals surface area contributed by atoms with E-state index in [9.17, 15) is 9.59 Å². The smallest absolute Gasteiger partial charge is 0.265 e. The van der Waals surface area contributed by atoms with Crippen molar-refractivity contribution in [2.24, 2.45) is 0 Å². The fourth-order valence-electron chi connectivity index (χ4n) is 2.84. The van der Waals surface area contributed by atoms with Gasteiger partial charge in [0.05, 0.1) is 25.0 Å². The van der Waals surface area contributed by atoms with Crippen molar-refractivity contribution < 1.29 is 19.1 Å². The Bertz CT molecular complexity index is 961. The van der Waals surface area contributed by atoms with E-state index in [2.05, 4.69) is 10.6 Å². The Morgan fingerprint density at radius 1 is 1.21 bits per heavy atom. The predicted molar refractivity (Wildman–Crippen MR) is 115 cm³/mol. The van der Waals surface area contributed by atoms with Crippen LogP contribution in [0.5, 0.6) is 5.75 Å². The van der Waals surface area contributed by atoms with Crippen LogP contribution in [0.25, 0.3) is 0 Å². The van der Waals surface area contributed by atoms with Crippen molar-refractivity contribution in [2.45, 2.75) is 13.5 Å². The Morgan fingerprint density at radius 2 is 2.00 bits per heavy atom. The molecule has 0 aliphatic carbocycles. The zero-order chi connectivity index (χ0) is 20.8. The molecule has 1 aliphatic rings. The van der Waals surface area contributed by atoms with E-state index in [-0.39, 0.29) is 23.9 Å². The van der Waals surface area contributed by atoms with Gasteiger partial charge in [-0.05, 0) is 31.2 Å².